The molecule has 1 heterocycles. The summed E-state index contributed by atoms with van der Waals surface area (Å²) in [6.45, 7) is 1.97. The first-order chi connectivity index (χ1) is 11.9. The molecule has 0 spiro atoms. The summed E-state index contributed by atoms with van der Waals surface area (Å²) < 4.78 is 0.922. The van der Waals surface area contributed by atoms with Crippen molar-refractivity contribution in [2.24, 2.45) is 0 Å². The van der Waals surface area contributed by atoms with Gasteiger partial charge in [0.2, 0.25) is 0 Å². The summed E-state index contributed by atoms with van der Waals surface area (Å²) >= 11 is 15.6. The van der Waals surface area contributed by atoms with Gasteiger partial charge in [-0.05, 0) is 42.3 Å². The van der Waals surface area contributed by atoms with Crippen LogP contribution in [0.15, 0.2) is 57.7 Å². The second kappa shape index (κ2) is 7.20. The van der Waals surface area contributed by atoms with Gasteiger partial charge in [0, 0.05) is 15.2 Å². The van der Waals surface area contributed by atoms with Crippen LogP contribution in [0.4, 0.5) is 5.69 Å². The zero-order valence-electron chi connectivity index (χ0n) is 13.1. The van der Waals surface area contributed by atoms with Crippen molar-refractivity contribution < 1.29 is 9.59 Å². The third kappa shape index (κ3) is 3.59. The van der Waals surface area contributed by atoms with Gasteiger partial charge in [0.1, 0.15) is 10.7 Å². The Morgan fingerprint density at radius 2 is 1.72 bits per heavy atom. The number of rotatable bonds is 4. The molecule has 0 aliphatic carbocycles. The number of hydrogen-bond donors (Lipinski definition) is 1. The number of anilines is 1. The fraction of sp³-hybridized carbons (Fsp3) is 0.111. The molecule has 2 aromatic carbocycles. The van der Waals surface area contributed by atoms with Gasteiger partial charge < -0.3 is 5.32 Å². The van der Waals surface area contributed by atoms with Gasteiger partial charge >= 0.3 is 0 Å². The molecule has 1 aliphatic heterocycles. The van der Waals surface area contributed by atoms with Crippen LogP contribution in [0.3, 0.4) is 0 Å². The molecule has 3 rings (SSSR count). The minimum atomic E-state index is -0.517. The van der Waals surface area contributed by atoms with Crippen molar-refractivity contribution in [2.45, 2.75) is 13.5 Å². The van der Waals surface area contributed by atoms with Crippen LogP contribution in [-0.4, -0.2) is 16.7 Å². The maximum atomic E-state index is 12.7. The second-order valence-electron chi connectivity index (χ2n) is 5.55. The van der Waals surface area contributed by atoms with Crippen LogP contribution in [0, 0.1) is 6.92 Å². The van der Waals surface area contributed by atoms with Crippen molar-refractivity contribution >= 4 is 56.6 Å². The Labute approximate surface area is 163 Å². The van der Waals surface area contributed by atoms with Crippen molar-refractivity contribution in [1.82, 2.24) is 4.90 Å². The number of nitrogens with one attached hydrogen (secondary N) is 1. The molecule has 2 amide bonds. The molecular formula is C18H13BrCl2N2O2. The van der Waals surface area contributed by atoms with Crippen LogP contribution in [0.1, 0.15) is 11.1 Å². The van der Waals surface area contributed by atoms with Gasteiger partial charge in [-0.2, -0.15) is 0 Å². The van der Waals surface area contributed by atoms with E-state index in [0.717, 1.165) is 20.5 Å². The number of nitrogens with zero attached hydrogens (tertiary/aromatic N) is 1. The Hall–Kier alpha value is -1.82. The molecule has 0 bridgehead atoms. The molecule has 2 aromatic rings. The summed E-state index contributed by atoms with van der Waals surface area (Å²) in [6, 6.07) is 12.7. The SMILES string of the molecule is Cc1c(Cl)cccc1NC1=C(Cl)C(=O)N(Cc2ccc(Br)cc2)C1=O. The Balaban J connectivity index is 1.84. The van der Waals surface area contributed by atoms with Gasteiger partial charge in [-0.3, -0.25) is 14.5 Å². The second-order valence-corrected chi connectivity index (χ2v) is 7.25. The number of carbonyl (C=O) groups excluding carboxylic acids is 2. The molecular weight excluding hydrogens is 427 g/mol. The van der Waals surface area contributed by atoms with Crippen LogP contribution in [0.25, 0.3) is 0 Å². The van der Waals surface area contributed by atoms with E-state index in [2.05, 4.69) is 21.2 Å². The fourth-order valence-corrected chi connectivity index (χ4v) is 3.12. The smallest absolute Gasteiger partial charge is 0.279 e. The predicted octanol–water partition coefficient (Wildman–Crippen LogP) is 4.84. The maximum absolute atomic E-state index is 12.7. The lowest BCUT2D eigenvalue weighted by Crippen LogP contribution is -2.31. The average molecular weight is 440 g/mol. The summed E-state index contributed by atoms with van der Waals surface area (Å²) in [6.07, 6.45) is 0. The first kappa shape index (κ1) is 18.0. The zero-order chi connectivity index (χ0) is 18.1. The summed E-state index contributed by atoms with van der Waals surface area (Å²) in [7, 11) is 0. The molecule has 4 nitrogen and oxygen atoms in total. The molecule has 0 fully saturated rings. The number of imide groups is 1. The quantitative estimate of drug-likeness (QED) is 0.693. The highest BCUT2D eigenvalue weighted by molar-refractivity contribution is 9.10. The van der Waals surface area contributed by atoms with Gasteiger partial charge in [0.25, 0.3) is 11.8 Å². The summed E-state index contributed by atoms with van der Waals surface area (Å²) in [5.74, 6) is -0.978. The standard InChI is InChI=1S/C18H13BrCl2N2O2/c1-10-13(20)3-2-4-14(10)22-16-15(21)17(24)23(18(16)25)9-11-5-7-12(19)8-6-11/h2-8,22H,9H2,1H3. The van der Waals surface area contributed by atoms with E-state index >= 15 is 0 Å². The summed E-state index contributed by atoms with van der Waals surface area (Å²) in [5, 5.41) is 3.39. The number of amides is 2. The van der Waals surface area contributed by atoms with E-state index < -0.39 is 11.8 Å². The predicted molar refractivity (Wildman–Crippen MR) is 102 cm³/mol. The lowest BCUT2D eigenvalue weighted by Gasteiger charge is -2.16. The Morgan fingerprint density at radius 1 is 1.04 bits per heavy atom. The van der Waals surface area contributed by atoms with E-state index in [0.29, 0.717) is 10.7 Å². The molecule has 25 heavy (non-hydrogen) atoms. The van der Waals surface area contributed by atoms with E-state index in [1.165, 1.54) is 0 Å². The van der Waals surface area contributed by atoms with Crippen molar-refractivity contribution in [1.29, 1.82) is 0 Å². The Kier molecular flexibility index (Phi) is 5.18. The maximum Gasteiger partial charge on any atom is 0.279 e. The van der Waals surface area contributed by atoms with Gasteiger partial charge in [-0.25, -0.2) is 0 Å². The molecule has 128 valence electrons. The third-order valence-corrected chi connectivity index (χ3v) is 5.18. The number of halogens is 3. The zero-order valence-corrected chi connectivity index (χ0v) is 16.2. The van der Waals surface area contributed by atoms with Crippen LogP contribution >= 0.6 is 39.1 Å². The number of carbonyl (C=O) groups is 2. The minimum absolute atomic E-state index is 0.0640. The van der Waals surface area contributed by atoms with Crippen molar-refractivity contribution in [2.75, 3.05) is 5.32 Å². The van der Waals surface area contributed by atoms with Crippen molar-refractivity contribution in [3.8, 4) is 0 Å². The van der Waals surface area contributed by atoms with E-state index in [-0.39, 0.29) is 17.3 Å². The molecule has 7 heteroatoms. The van der Waals surface area contributed by atoms with Crippen LogP contribution in [0.5, 0.6) is 0 Å². The highest BCUT2D eigenvalue weighted by Crippen LogP contribution is 2.30. The first-order valence-corrected chi connectivity index (χ1v) is 8.96. The Morgan fingerprint density at radius 3 is 2.40 bits per heavy atom. The number of hydrogen-bond acceptors (Lipinski definition) is 3. The van der Waals surface area contributed by atoms with Crippen molar-refractivity contribution in [3.05, 3.63) is 73.8 Å². The average Bonchev–Trinajstić information content (AvgIpc) is 2.78. The number of benzene rings is 2. The molecule has 0 saturated heterocycles. The monoisotopic (exact) mass is 438 g/mol. The molecule has 0 unspecified atom stereocenters. The first-order valence-electron chi connectivity index (χ1n) is 7.41. The minimum Gasteiger partial charge on any atom is -0.349 e. The van der Waals surface area contributed by atoms with Crippen molar-refractivity contribution in [3.63, 3.8) is 0 Å². The van der Waals surface area contributed by atoms with Crippen LogP contribution in [-0.2, 0) is 16.1 Å². The Bertz CT molecular complexity index is 894. The topological polar surface area (TPSA) is 49.4 Å². The summed E-state index contributed by atoms with van der Waals surface area (Å²) in [5.41, 5.74) is 2.30. The summed E-state index contributed by atoms with van der Waals surface area (Å²) in [4.78, 5) is 26.2. The molecule has 0 radical (unpaired) electrons. The highest BCUT2D eigenvalue weighted by atomic mass is 79.9. The molecule has 1 N–H and O–H groups in total. The fourth-order valence-electron chi connectivity index (χ4n) is 2.45. The van der Waals surface area contributed by atoms with E-state index in [1.54, 1.807) is 18.2 Å². The van der Waals surface area contributed by atoms with E-state index in [9.17, 15) is 9.59 Å². The van der Waals surface area contributed by atoms with Gasteiger partial charge in [0.15, 0.2) is 0 Å². The molecule has 0 aromatic heterocycles. The van der Waals surface area contributed by atoms with Gasteiger partial charge in [-0.1, -0.05) is 57.3 Å². The van der Waals surface area contributed by atoms with Crippen LogP contribution < -0.4 is 5.32 Å². The van der Waals surface area contributed by atoms with Gasteiger partial charge in [-0.15, -0.1) is 0 Å². The normalized spacial score (nSPS) is 14.5. The highest BCUT2D eigenvalue weighted by Gasteiger charge is 2.37. The van der Waals surface area contributed by atoms with Crippen LogP contribution in [0.2, 0.25) is 5.02 Å². The lowest BCUT2D eigenvalue weighted by atomic mass is 10.2. The molecule has 0 atom stereocenters. The largest absolute Gasteiger partial charge is 0.349 e. The van der Waals surface area contributed by atoms with Gasteiger partial charge in [0.05, 0.1) is 6.54 Å². The van der Waals surface area contributed by atoms with E-state index in [1.807, 2.05) is 31.2 Å². The third-order valence-electron chi connectivity index (χ3n) is 3.89. The molecule has 1 aliphatic rings. The molecule has 0 saturated carbocycles. The lowest BCUT2D eigenvalue weighted by molar-refractivity contribution is -0.138. The van der Waals surface area contributed by atoms with E-state index in [4.69, 9.17) is 23.2 Å².